The average Bonchev–Trinajstić information content (AvgIpc) is 2.61. The van der Waals surface area contributed by atoms with E-state index in [1.807, 2.05) is 54.6 Å². The lowest BCUT2D eigenvalue weighted by molar-refractivity contribution is -0.141. The predicted molar refractivity (Wildman–Crippen MR) is 97.1 cm³/mol. The third-order valence-electron chi connectivity index (χ3n) is 3.44. The van der Waals surface area contributed by atoms with E-state index in [2.05, 4.69) is 21.2 Å². The lowest BCUT2D eigenvalue weighted by Crippen LogP contribution is -2.29. The van der Waals surface area contributed by atoms with Crippen LogP contribution in [0, 0.1) is 0 Å². The molecule has 0 fully saturated rings. The Morgan fingerprint density at radius 1 is 1.12 bits per heavy atom. The molecule has 0 aromatic heterocycles. The lowest BCUT2D eigenvalue weighted by Gasteiger charge is -2.17. The van der Waals surface area contributed by atoms with Crippen LogP contribution in [0.3, 0.4) is 0 Å². The van der Waals surface area contributed by atoms with Crippen LogP contribution in [0.1, 0.15) is 23.6 Å². The van der Waals surface area contributed by atoms with Gasteiger partial charge in [0.2, 0.25) is 5.91 Å². The number of hydrogen-bond acceptors (Lipinski definition) is 3. The monoisotopic (exact) mass is 387 g/mol. The first-order valence-corrected chi connectivity index (χ1v) is 8.24. The van der Waals surface area contributed by atoms with Crippen molar-refractivity contribution < 1.29 is 14.3 Å². The van der Waals surface area contributed by atoms with Gasteiger partial charge in [0.25, 0.3) is 0 Å². The molecule has 0 aliphatic carbocycles. The van der Waals surface area contributed by atoms with Gasteiger partial charge in [0, 0.05) is 10.5 Å². The Labute approximate surface area is 149 Å². The molecule has 1 N–H and O–H groups in total. The molecule has 1 unspecified atom stereocenters. The van der Waals surface area contributed by atoms with E-state index in [4.69, 9.17) is 4.74 Å². The number of nitrogens with one attached hydrogen (secondary N) is 1. The Kier molecular flexibility index (Phi) is 6.75. The Balaban J connectivity index is 2.09. The van der Waals surface area contributed by atoms with Crippen molar-refractivity contribution in [2.24, 2.45) is 0 Å². The number of methoxy groups -OCH3 is 1. The Morgan fingerprint density at radius 2 is 1.79 bits per heavy atom. The largest absolute Gasteiger partial charge is 0.469 e. The van der Waals surface area contributed by atoms with E-state index in [-0.39, 0.29) is 18.3 Å². The minimum atomic E-state index is -0.435. The van der Waals surface area contributed by atoms with Gasteiger partial charge in [-0.05, 0) is 23.3 Å². The van der Waals surface area contributed by atoms with Crippen molar-refractivity contribution in [2.45, 2.75) is 12.5 Å². The van der Waals surface area contributed by atoms with E-state index in [1.165, 1.54) is 13.2 Å². The molecule has 1 amide bonds. The van der Waals surface area contributed by atoms with E-state index in [0.29, 0.717) is 0 Å². The highest BCUT2D eigenvalue weighted by Gasteiger charge is 2.17. The van der Waals surface area contributed by atoms with Gasteiger partial charge in [-0.2, -0.15) is 0 Å². The van der Waals surface area contributed by atoms with E-state index in [1.54, 1.807) is 6.08 Å². The number of halogens is 1. The molecule has 0 heterocycles. The zero-order chi connectivity index (χ0) is 17.4. The fraction of sp³-hybridized carbons (Fsp3) is 0.158. The molecule has 2 rings (SSSR count). The number of carbonyl (C=O) groups excluding carboxylic acids is 2. The SMILES string of the molecule is COC(=O)CC(NC(=O)/C=C/c1ccccc1Br)c1ccccc1. The lowest BCUT2D eigenvalue weighted by atomic mass is 10.0. The standard InChI is InChI=1S/C19H18BrNO3/c1-24-19(23)13-17(15-8-3-2-4-9-15)21-18(22)12-11-14-7-5-6-10-16(14)20/h2-12,17H,13H2,1H3,(H,21,22)/b12-11+. The van der Waals surface area contributed by atoms with E-state index < -0.39 is 6.04 Å². The van der Waals surface area contributed by atoms with E-state index in [9.17, 15) is 9.59 Å². The summed E-state index contributed by atoms with van der Waals surface area (Å²) in [6.45, 7) is 0. The smallest absolute Gasteiger partial charge is 0.307 e. The summed E-state index contributed by atoms with van der Waals surface area (Å²) in [6.07, 6.45) is 3.25. The molecule has 5 heteroatoms. The number of carbonyl (C=O) groups is 2. The summed E-state index contributed by atoms with van der Waals surface area (Å²) >= 11 is 3.43. The minimum Gasteiger partial charge on any atom is -0.469 e. The van der Waals surface area contributed by atoms with Crippen LogP contribution in [0.4, 0.5) is 0 Å². The van der Waals surface area contributed by atoms with Crippen LogP contribution in [0.2, 0.25) is 0 Å². The van der Waals surface area contributed by atoms with Gasteiger partial charge >= 0.3 is 5.97 Å². The summed E-state index contributed by atoms with van der Waals surface area (Å²) in [7, 11) is 1.33. The predicted octanol–water partition coefficient (Wildman–Crippen LogP) is 3.88. The van der Waals surface area contributed by atoms with Gasteiger partial charge < -0.3 is 10.1 Å². The van der Waals surface area contributed by atoms with Gasteiger partial charge in [-0.25, -0.2) is 0 Å². The van der Waals surface area contributed by atoms with Crippen molar-refractivity contribution in [2.75, 3.05) is 7.11 Å². The highest BCUT2D eigenvalue weighted by molar-refractivity contribution is 9.10. The maximum atomic E-state index is 12.2. The maximum absolute atomic E-state index is 12.2. The highest BCUT2D eigenvalue weighted by atomic mass is 79.9. The quantitative estimate of drug-likeness (QED) is 0.604. The molecule has 2 aromatic carbocycles. The molecule has 124 valence electrons. The number of rotatable bonds is 6. The van der Waals surface area contributed by atoms with Crippen molar-refractivity contribution in [1.29, 1.82) is 0 Å². The first-order chi connectivity index (χ1) is 11.6. The summed E-state index contributed by atoms with van der Waals surface area (Å²) in [4.78, 5) is 23.8. The molecule has 24 heavy (non-hydrogen) atoms. The zero-order valence-electron chi connectivity index (χ0n) is 13.2. The van der Waals surface area contributed by atoms with Crippen molar-refractivity contribution in [3.05, 3.63) is 76.3 Å². The Bertz CT molecular complexity index is 728. The van der Waals surface area contributed by atoms with Crippen LogP contribution < -0.4 is 5.32 Å². The molecule has 0 saturated heterocycles. The van der Waals surface area contributed by atoms with E-state index >= 15 is 0 Å². The first-order valence-electron chi connectivity index (χ1n) is 7.45. The Morgan fingerprint density at radius 3 is 2.46 bits per heavy atom. The van der Waals surface area contributed by atoms with Crippen LogP contribution in [-0.4, -0.2) is 19.0 Å². The molecular formula is C19H18BrNO3. The molecule has 0 radical (unpaired) electrons. The molecule has 2 aromatic rings. The van der Waals surface area contributed by atoms with Gasteiger partial charge in [-0.1, -0.05) is 64.5 Å². The van der Waals surface area contributed by atoms with Gasteiger partial charge in [-0.3, -0.25) is 9.59 Å². The fourth-order valence-electron chi connectivity index (χ4n) is 2.18. The molecule has 0 saturated carbocycles. The van der Waals surface area contributed by atoms with Crippen LogP contribution >= 0.6 is 15.9 Å². The van der Waals surface area contributed by atoms with Crippen molar-refractivity contribution in [3.8, 4) is 0 Å². The van der Waals surface area contributed by atoms with Crippen LogP contribution in [0.5, 0.6) is 0 Å². The summed E-state index contributed by atoms with van der Waals surface area (Å²) in [5.41, 5.74) is 1.75. The van der Waals surface area contributed by atoms with Gasteiger partial charge in [0.05, 0.1) is 19.6 Å². The second-order valence-corrected chi connectivity index (χ2v) is 5.96. The maximum Gasteiger partial charge on any atom is 0.307 e. The fourth-order valence-corrected chi connectivity index (χ4v) is 2.60. The van der Waals surface area contributed by atoms with Crippen LogP contribution in [-0.2, 0) is 14.3 Å². The van der Waals surface area contributed by atoms with Gasteiger partial charge in [0.1, 0.15) is 0 Å². The average molecular weight is 388 g/mol. The van der Waals surface area contributed by atoms with Crippen LogP contribution in [0.15, 0.2) is 65.1 Å². The second kappa shape index (κ2) is 9.03. The van der Waals surface area contributed by atoms with E-state index in [0.717, 1.165) is 15.6 Å². The number of benzene rings is 2. The molecule has 1 atom stereocenters. The van der Waals surface area contributed by atoms with Crippen molar-refractivity contribution in [1.82, 2.24) is 5.32 Å². The van der Waals surface area contributed by atoms with Crippen LogP contribution in [0.25, 0.3) is 6.08 Å². The third kappa shape index (κ3) is 5.35. The third-order valence-corrected chi connectivity index (χ3v) is 4.16. The summed E-state index contributed by atoms with van der Waals surface area (Å²) < 4.78 is 5.62. The number of hydrogen-bond donors (Lipinski definition) is 1. The zero-order valence-corrected chi connectivity index (χ0v) is 14.8. The normalized spacial score (nSPS) is 11.9. The molecule has 0 aliphatic rings. The molecular weight excluding hydrogens is 370 g/mol. The Hall–Kier alpha value is -2.40. The van der Waals surface area contributed by atoms with Crippen molar-refractivity contribution >= 4 is 33.9 Å². The molecule has 0 spiro atoms. The van der Waals surface area contributed by atoms with Gasteiger partial charge in [0.15, 0.2) is 0 Å². The summed E-state index contributed by atoms with van der Waals surface area (Å²) in [5.74, 6) is -0.651. The first kappa shape index (κ1) is 17.9. The number of amides is 1. The summed E-state index contributed by atoms with van der Waals surface area (Å²) in [5, 5.41) is 2.85. The van der Waals surface area contributed by atoms with Crippen molar-refractivity contribution in [3.63, 3.8) is 0 Å². The number of esters is 1. The molecule has 4 nitrogen and oxygen atoms in total. The van der Waals surface area contributed by atoms with Gasteiger partial charge in [-0.15, -0.1) is 0 Å². The number of ether oxygens (including phenoxy) is 1. The molecule has 0 bridgehead atoms. The second-order valence-electron chi connectivity index (χ2n) is 5.11. The summed E-state index contributed by atoms with van der Waals surface area (Å²) in [6, 6.07) is 16.5. The molecule has 0 aliphatic heterocycles. The highest BCUT2D eigenvalue weighted by Crippen LogP contribution is 2.19. The topological polar surface area (TPSA) is 55.4 Å². The minimum absolute atomic E-state index is 0.0785.